The molecule has 0 radical (unpaired) electrons. The summed E-state index contributed by atoms with van der Waals surface area (Å²) in [6.45, 7) is 8.89. The second-order valence-corrected chi connectivity index (χ2v) is 9.48. The summed E-state index contributed by atoms with van der Waals surface area (Å²) in [5.74, 6) is 1.65. The lowest BCUT2D eigenvalue weighted by atomic mass is 10.0. The number of para-hydroxylation sites is 2. The smallest absolute Gasteiger partial charge is 0.178 e. The molecule has 190 valence electrons. The maximum absolute atomic E-state index is 5.80. The molecule has 3 aromatic carbocycles. The number of hydrogen-bond acceptors (Lipinski definition) is 6. The minimum atomic E-state index is -0.132. The summed E-state index contributed by atoms with van der Waals surface area (Å²) in [4.78, 5) is 4.97. The van der Waals surface area contributed by atoms with Gasteiger partial charge in [0.25, 0.3) is 0 Å². The van der Waals surface area contributed by atoms with Gasteiger partial charge in [-0.2, -0.15) is 4.68 Å². The van der Waals surface area contributed by atoms with Crippen molar-refractivity contribution in [3.8, 4) is 11.4 Å². The molecule has 2 heterocycles. The zero-order valence-electron chi connectivity index (χ0n) is 21.8. The summed E-state index contributed by atoms with van der Waals surface area (Å²) in [7, 11) is 1.72. The van der Waals surface area contributed by atoms with Gasteiger partial charge in [-0.05, 0) is 47.0 Å². The van der Waals surface area contributed by atoms with E-state index in [-0.39, 0.29) is 6.04 Å². The number of rotatable bonds is 8. The molecule has 1 aliphatic heterocycles. The normalized spacial score (nSPS) is 15.8. The Hall–Kier alpha value is -3.81. The van der Waals surface area contributed by atoms with Gasteiger partial charge in [0.05, 0.1) is 12.8 Å². The maximum atomic E-state index is 5.80. The molecule has 7 heteroatoms. The molecule has 4 aromatic rings. The lowest BCUT2D eigenvalue weighted by Crippen LogP contribution is -2.48. The molecular formula is C30H34N6O. The number of ether oxygens (including phenoxy) is 1. The lowest BCUT2D eigenvalue weighted by Gasteiger charge is -2.39. The second-order valence-electron chi connectivity index (χ2n) is 9.48. The number of aromatic nitrogens is 4. The molecule has 1 aliphatic rings. The minimum absolute atomic E-state index is 0.132. The molecule has 1 aromatic heterocycles. The van der Waals surface area contributed by atoms with Gasteiger partial charge < -0.3 is 4.74 Å². The second kappa shape index (κ2) is 11.5. The van der Waals surface area contributed by atoms with Crippen molar-refractivity contribution in [2.75, 3.05) is 39.8 Å². The highest BCUT2D eigenvalue weighted by Gasteiger charge is 2.33. The van der Waals surface area contributed by atoms with Crippen LogP contribution in [0.4, 0.5) is 0 Å². The fraction of sp³-hybridized carbons (Fsp3) is 0.300. The van der Waals surface area contributed by atoms with Gasteiger partial charge in [-0.25, -0.2) is 0 Å². The van der Waals surface area contributed by atoms with Gasteiger partial charge in [0, 0.05) is 38.3 Å². The third-order valence-electron chi connectivity index (χ3n) is 7.07. The van der Waals surface area contributed by atoms with Crippen LogP contribution in [0.1, 0.15) is 34.1 Å². The fourth-order valence-electron chi connectivity index (χ4n) is 5.16. The molecule has 1 saturated heterocycles. The monoisotopic (exact) mass is 494 g/mol. The van der Waals surface area contributed by atoms with Gasteiger partial charge in [0.2, 0.25) is 0 Å². The molecule has 0 N–H and O–H groups in total. The number of tetrazole rings is 1. The Bertz CT molecular complexity index is 1320. The van der Waals surface area contributed by atoms with Gasteiger partial charge in [-0.3, -0.25) is 9.80 Å². The van der Waals surface area contributed by atoms with Gasteiger partial charge >= 0.3 is 0 Å². The highest BCUT2D eigenvalue weighted by molar-refractivity contribution is 5.49. The molecule has 7 nitrogen and oxygen atoms in total. The van der Waals surface area contributed by atoms with Crippen LogP contribution in [0.2, 0.25) is 0 Å². The van der Waals surface area contributed by atoms with E-state index in [2.05, 4.69) is 106 Å². The Kier molecular flexibility index (Phi) is 7.73. The average Bonchev–Trinajstić information content (AvgIpc) is 3.39. The predicted molar refractivity (Wildman–Crippen MR) is 147 cm³/mol. The first-order chi connectivity index (χ1) is 18.2. The Labute approximate surface area is 219 Å². The van der Waals surface area contributed by atoms with Crippen LogP contribution in [0.15, 0.2) is 78.9 Å². The van der Waals surface area contributed by atoms with Crippen molar-refractivity contribution in [1.29, 1.82) is 0 Å². The van der Waals surface area contributed by atoms with Crippen LogP contribution in [-0.4, -0.2) is 69.8 Å². The van der Waals surface area contributed by atoms with Crippen molar-refractivity contribution >= 4 is 6.08 Å². The third-order valence-corrected chi connectivity index (χ3v) is 7.07. The number of hydrogen-bond donors (Lipinski definition) is 0. The highest BCUT2D eigenvalue weighted by atomic mass is 16.5. The molecule has 0 amide bonds. The Morgan fingerprint density at radius 1 is 0.865 bits per heavy atom. The molecule has 1 fully saturated rings. The first-order valence-electron chi connectivity index (χ1n) is 12.8. The molecule has 1 atom stereocenters. The summed E-state index contributed by atoms with van der Waals surface area (Å²) in [5.41, 5.74) is 5.62. The lowest BCUT2D eigenvalue weighted by molar-refractivity contribution is 0.112. The minimum Gasteiger partial charge on any atom is -0.496 e. The van der Waals surface area contributed by atoms with Gasteiger partial charge in [-0.1, -0.05) is 78.9 Å². The van der Waals surface area contributed by atoms with Crippen LogP contribution in [0.25, 0.3) is 11.8 Å². The maximum Gasteiger partial charge on any atom is 0.178 e. The van der Waals surface area contributed by atoms with E-state index in [1.165, 1.54) is 5.56 Å². The molecular weight excluding hydrogens is 460 g/mol. The van der Waals surface area contributed by atoms with Crippen molar-refractivity contribution < 1.29 is 4.74 Å². The molecule has 0 saturated carbocycles. The van der Waals surface area contributed by atoms with E-state index in [9.17, 15) is 0 Å². The van der Waals surface area contributed by atoms with E-state index < -0.39 is 0 Å². The van der Waals surface area contributed by atoms with Crippen LogP contribution in [0.3, 0.4) is 0 Å². The Morgan fingerprint density at radius 2 is 1.57 bits per heavy atom. The largest absolute Gasteiger partial charge is 0.496 e. The van der Waals surface area contributed by atoms with Gasteiger partial charge in [-0.15, -0.1) is 5.10 Å². The first kappa shape index (κ1) is 24.9. The third kappa shape index (κ3) is 5.48. The van der Waals surface area contributed by atoms with Crippen LogP contribution < -0.4 is 4.74 Å². The van der Waals surface area contributed by atoms with Gasteiger partial charge in [0.1, 0.15) is 11.8 Å². The molecule has 0 aliphatic carbocycles. The summed E-state index contributed by atoms with van der Waals surface area (Å²) in [6.07, 6.45) is 4.45. The molecule has 37 heavy (non-hydrogen) atoms. The quantitative estimate of drug-likeness (QED) is 0.354. The van der Waals surface area contributed by atoms with Crippen molar-refractivity contribution in [2.45, 2.75) is 19.9 Å². The first-order valence-corrected chi connectivity index (χ1v) is 12.8. The van der Waals surface area contributed by atoms with Crippen molar-refractivity contribution in [1.82, 2.24) is 30.0 Å². The van der Waals surface area contributed by atoms with Crippen LogP contribution in [-0.2, 0) is 0 Å². The Balaban J connectivity index is 1.42. The van der Waals surface area contributed by atoms with E-state index in [1.807, 2.05) is 22.9 Å². The summed E-state index contributed by atoms with van der Waals surface area (Å²) >= 11 is 0. The molecule has 0 bridgehead atoms. The predicted octanol–water partition coefficient (Wildman–Crippen LogP) is 4.71. The number of aryl methyl sites for hydroxylation is 2. The summed E-state index contributed by atoms with van der Waals surface area (Å²) < 4.78 is 7.71. The number of piperazine rings is 1. The summed E-state index contributed by atoms with van der Waals surface area (Å²) in [5, 5.41) is 13.2. The van der Waals surface area contributed by atoms with Crippen LogP contribution in [0.5, 0.6) is 5.75 Å². The SMILES string of the molecule is COc1ccccc1[C@H](c1nnnn1-c1c(C)cccc1C)N1CCN(CC=Cc2ccccc2)CC1. The van der Waals surface area contributed by atoms with E-state index >= 15 is 0 Å². The van der Waals surface area contributed by atoms with Crippen LogP contribution >= 0.6 is 0 Å². The van der Waals surface area contributed by atoms with E-state index in [1.54, 1.807) is 7.11 Å². The van der Waals surface area contributed by atoms with Crippen LogP contribution in [0, 0.1) is 13.8 Å². The van der Waals surface area contributed by atoms with Crippen molar-refractivity contribution in [3.63, 3.8) is 0 Å². The van der Waals surface area contributed by atoms with Crippen molar-refractivity contribution in [2.24, 2.45) is 0 Å². The average molecular weight is 495 g/mol. The number of benzene rings is 3. The fourth-order valence-corrected chi connectivity index (χ4v) is 5.16. The van der Waals surface area contributed by atoms with Gasteiger partial charge in [0.15, 0.2) is 5.82 Å². The summed E-state index contributed by atoms with van der Waals surface area (Å²) in [6, 6.07) is 24.8. The van der Waals surface area contributed by atoms with E-state index in [0.29, 0.717) is 0 Å². The highest BCUT2D eigenvalue weighted by Crippen LogP contribution is 2.35. The van der Waals surface area contributed by atoms with E-state index in [0.717, 1.165) is 66.7 Å². The standard InChI is InChI=1S/C30H34N6O/c1-23-11-9-12-24(2)28(23)36-30(31-32-33-36)29(26-16-7-8-17-27(26)37-3)35-21-19-34(20-22-35)18-10-15-25-13-5-4-6-14-25/h4-17,29H,18-22H2,1-3H3/t29-/m1/s1. The number of methoxy groups -OCH3 is 1. The number of nitrogens with zero attached hydrogens (tertiary/aromatic N) is 6. The topological polar surface area (TPSA) is 59.3 Å². The molecule has 0 spiro atoms. The molecule has 0 unspecified atom stereocenters. The van der Waals surface area contributed by atoms with E-state index in [4.69, 9.17) is 4.74 Å². The Morgan fingerprint density at radius 3 is 2.30 bits per heavy atom. The zero-order valence-corrected chi connectivity index (χ0v) is 21.8. The zero-order chi connectivity index (χ0) is 25.6. The molecule has 5 rings (SSSR count). The van der Waals surface area contributed by atoms with Crippen molar-refractivity contribution in [3.05, 3.63) is 107 Å².